The number of nitrogens with one attached hydrogen (secondary N) is 2. The van der Waals surface area contributed by atoms with Gasteiger partial charge in [-0.1, -0.05) is 19.9 Å². The van der Waals surface area contributed by atoms with Gasteiger partial charge in [0.2, 0.25) is 0 Å². The van der Waals surface area contributed by atoms with E-state index >= 15 is 0 Å². The van der Waals surface area contributed by atoms with Crippen molar-refractivity contribution in [2.75, 3.05) is 18.1 Å². The van der Waals surface area contributed by atoms with Gasteiger partial charge in [-0.05, 0) is 97.0 Å². The molecular weight excluding hydrogens is 600 g/mol. The van der Waals surface area contributed by atoms with Crippen LogP contribution in [0.5, 0.6) is 0 Å². The van der Waals surface area contributed by atoms with E-state index in [4.69, 9.17) is 15.7 Å². The van der Waals surface area contributed by atoms with Crippen LogP contribution in [0.25, 0.3) is 11.2 Å². The molecule has 1 unspecified atom stereocenters. The van der Waals surface area contributed by atoms with Crippen LogP contribution in [-0.4, -0.2) is 32.9 Å². The molecule has 1 aliphatic heterocycles. The molecular formula is C26H35IN7PS. The van der Waals surface area contributed by atoms with Crippen LogP contribution in [0.2, 0.25) is 0 Å². The Morgan fingerprint density at radius 1 is 1.25 bits per heavy atom. The van der Waals surface area contributed by atoms with Crippen LogP contribution in [0.15, 0.2) is 45.9 Å². The molecule has 1 aromatic carbocycles. The lowest BCUT2D eigenvalue weighted by Crippen LogP contribution is -2.22. The maximum Gasteiger partial charge on any atom is 0.168 e. The van der Waals surface area contributed by atoms with E-state index in [0.717, 1.165) is 52.9 Å². The van der Waals surface area contributed by atoms with Gasteiger partial charge in [0.1, 0.15) is 17.2 Å². The summed E-state index contributed by atoms with van der Waals surface area (Å²) in [6, 6.07) is 8.70. The Kier molecular flexibility index (Phi) is 9.52. The van der Waals surface area contributed by atoms with Crippen LogP contribution in [0.1, 0.15) is 63.3 Å². The second kappa shape index (κ2) is 12.6. The molecule has 10 heteroatoms. The predicted octanol–water partition coefficient (Wildman–Crippen LogP) is 7.55. The van der Waals surface area contributed by atoms with E-state index in [0.29, 0.717) is 18.0 Å². The van der Waals surface area contributed by atoms with Crippen LogP contribution in [-0.2, 0) is 0 Å². The number of thioether (sulfide) groups is 1. The van der Waals surface area contributed by atoms with Gasteiger partial charge in [-0.15, -0.1) is 11.8 Å². The van der Waals surface area contributed by atoms with Crippen molar-refractivity contribution in [3.63, 3.8) is 0 Å². The summed E-state index contributed by atoms with van der Waals surface area (Å²) in [6.45, 7) is 7.01. The molecule has 0 radical (unpaired) electrons. The fourth-order valence-corrected chi connectivity index (χ4v) is 7.00. The summed E-state index contributed by atoms with van der Waals surface area (Å²) in [7, 11) is 0. The van der Waals surface area contributed by atoms with Gasteiger partial charge < -0.3 is 16.4 Å². The van der Waals surface area contributed by atoms with Gasteiger partial charge in [0.15, 0.2) is 11.5 Å². The molecule has 2 fully saturated rings. The molecule has 3 heterocycles. The number of nitrogens with zero attached hydrogens (tertiary/aromatic N) is 4. The number of piperidine rings is 1. The number of hydrogen-bond donors (Lipinski definition) is 3. The zero-order chi connectivity index (χ0) is 25.7. The highest BCUT2D eigenvalue weighted by Gasteiger charge is 2.24. The van der Waals surface area contributed by atoms with Crippen LogP contribution in [0.3, 0.4) is 0 Å². The van der Waals surface area contributed by atoms with E-state index in [-0.39, 0.29) is 0 Å². The first-order chi connectivity index (χ1) is 17.6. The van der Waals surface area contributed by atoms with Gasteiger partial charge in [-0.3, -0.25) is 4.34 Å². The summed E-state index contributed by atoms with van der Waals surface area (Å²) < 4.78 is 2.13. The third-order valence-corrected chi connectivity index (χ3v) is 9.12. The van der Waals surface area contributed by atoms with E-state index in [1.54, 1.807) is 11.8 Å². The van der Waals surface area contributed by atoms with Crippen molar-refractivity contribution in [2.24, 2.45) is 10.7 Å². The molecule has 0 bridgehead atoms. The summed E-state index contributed by atoms with van der Waals surface area (Å²) in [4.78, 5) is 15.6. The van der Waals surface area contributed by atoms with Crippen LogP contribution < -0.4 is 16.4 Å². The number of imidazole rings is 1. The number of halogens is 1. The smallest absolute Gasteiger partial charge is 0.168 e. The zero-order valence-electron chi connectivity index (χ0n) is 21.4. The number of anilines is 2. The molecule has 4 N–H and O–H groups in total. The van der Waals surface area contributed by atoms with Gasteiger partial charge in [-0.2, -0.15) is 0 Å². The fourth-order valence-electron chi connectivity index (χ4n) is 4.27. The average molecular weight is 636 g/mol. The number of pyridine rings is 1. The number of rotatable bonds is 7. The van der Waals surface area contributed by atoms with Crippen LogP contribution >= 0.6 is 40.2 Å². The molecule has 7 nitrogen and oxygen atoms in total. The summed E-state index contributed by atoms with van der Waals surface area (Å²) >= 11 is 4.13. The summed E-state index contributed by atoms with van der Waals surface area (Å²) in [5.74, 6) is 2.71. The van der Waals surface area contributed by atoms with Crippen molar-refractivity contribution >= 4 is 74.4 Å². The first kappa shape index (κ1) is 27.2. The first-order valence-corrected chi connectivity index (χ1v) is 17.8. The second-order valence-electron chi connectivity index (χ2n) is 8.73. The predicted molar refractivity (Wildman–Crippen MR) is 166 cm³/mol. The fraction of sp³-hybridized carbons (Fsp3) is 0.423. The number of allylic oxidation sites excluding steroid dienone is 1. The SMILES string of the molecule is CC.CSc1cc(C2CC2)ccc1Nc1cc(N=C(N)/C=C2/CCCCN2)nc2c1nc(C)n2PI. The average Bonchev–Trinajstić information content (AvgIpc) is 3.69. The molecule has 1 saturated heterocycles. The number of aryl methyl sites for hydroxylation is 1. The highest BCUT2D eigenvalue weighted by Crippen LogP contribution is 2.43. The number of amidine groups is 1. The lowest BCUT2D eigenvalue weighted by Gasteiger charge is -2.16. The normalized spacial score (nSPS) is 17.4. The molecule has 2 aromatic heterocycles. The summed E-state index contributed by atoms with van der Waals surface area (Å²) in [5, 5.41) is 7.05. The number of aliphatic imine (C=N–C) groups is 1. The minimum atomic E-state index is 0.459. The van der Waals surface area contributed by atoms with Crippen LogP contribution in [0.4, 0.5) is 17.2 Å². The standard InChI is InChI=1S/C24H29IN7PS.C2H6/c1-14-28-23-19(29-18-9-8-16(15-6-7-15)11-20(18)34-2)13-22(31-24(23)32(14)33-25)30-21(26)12-17-5-3-4-10-27-17;1-2/h8-9,11-13,15,27,33H,3-7,10H2,1-2H3,(H3,26,29,30,31);1-2H3/b17-12-;. The molecule has 192 valence electrons. The lowest BCUT2D eigenvalue weighted by molar-refractivity contribution is 0.588. The zero-order valence-corrected chi connectivity index (χ0v) is 25.3. The number of aromatic nitrogens is 3. The Morgan fingerprint density at radius 2 is 2.06 bits per heavy atom. The van der Waals surface area contributed by atoms with Gasteiger partial charge >= 0.3 is 0 Å². The maximum atomic E-state index is 6.30. The molecule has 2 aliphatic rings. The molecule has 5 rings (SSSR count). The summed E-state index contributed by atoms with van der Waals surface area (Å²) in [5.41, 5.74) is 12.5. The minimum Gasteiger partial charge on any atom is -0.388 e. The van der Waals surface area contributed by atoms with E-state index in [2.05, 4.69) is 66.5 Å². The third-order valence-electron chi connectivity index (χ3n) is 6.19. The molecule has 1 saturated carbocycles. The van der Waals surface area contributed by atoms with Crippen LogP contribution in [0, 0.1) is 6.92 Å². The van der Waals surface area contributed by atoms with Gasteiger partial charge in [0.25, 0.3) is 0 Å². The molecule has 0 amide bonds. The van der Waals surface area contributed by atoms with Gasteiger partial charge in [0.05, 0.1) is 17.7 Å². The number of nitrogens with two attached hydrogens (primary N) is 1. The van der Waals surface area contributed by atoms with Gasteiger partial charge in [0, 0.05) is 23.2 Å². The van der Waals surface area contributed by atoms with E-state index in [1.807, 2.05) is 32.9 Å². The Balaban J connectivity index is 0.00000148. The molecule has 36 heavy (non-hydrogen) atoms. The van der Waals surface area contributed by atoms with E-state index in [1.165, 1.54) is 36.1 Å². The minimum absolute atomic E-state index is 0.459. The maximum absolute atomic E-state index is 6.30. The second-order valence-corrected chi connectivity index (χ2v) is 11.6. The van der Waals surface area contributed by atoms with Crippen molar-refractivity contribution in [3.8, 4) is 0 Å². The number of hydrogen-bond acceptors (Lipinski definition) is 6. The summed E-state index contributed by atoms with van der Waals surface area (Å²) in [6.07, 6.45) is 10.5. The highest BCUT2D eigenvalue weighted by atomic mass is 127. The van der Waals surface area contributed by atoms with Crippen molar-refractivity contribution in [1.29, 1.82) is 0 Å². The first-order valence-electron chi connectivity index (χ1n) is 12.6. The molecule has 3 aromatic rings. The Morgan fingerprint density at radius 3 is 2.72 bits per heavy atom. The largest absolute Gasteiger partial charge is 0.388 e. The van der Waals surface area contributed by atoms with Crippen molar-refractivity contribution in [2.45, 2.75) is 63.7 Å². The molecule has 0 spiro atoms. The Hall–Kier alpha value is -1.84. The monoisotopic (exact) mass is 635 g/mol. The van der Waals surface area contributed by atoms with Crippen molar-refractivity contribution in [1.82, 2.24) is 19.6 Å². The Bertz CT molecular complexity index is 1280. The lowest BCUT2D eigenvalue weighted by atomic mass is 10.1. The highest BCUT2D eigenvalue weighted by molar-refractivity contribution is 14.2. The Labute approximate surface area is 232 Å². The van der Waals surface area contributed by atoms with Crippen molar-refractivity contribution < 1.29 is 0 Å². The molecule has 1 aliphatic carbocycles. The third kappa shape index (κ3) is 6.34. The van der Waals surface area contributed by atoms with E-state index < -0.39 is 0 Å². The van der Waals surface area contributed by atoms with Crippen molar-refractivity contribution in [3.05, 3.63) is 47.4 Å². The number of benzene rings is 1. The van der Waals surface area contributed by atoms with Gasteiger partial charge in [-0.25, -0.2) is 15.0 Å². The topological polar surface area (TPSA) is 93.2 Å². The molecule has 1 atom stereocenters. The number of fused-ring (bicyclic) bond motifs is 1. The quantitative estimate of drug-likeness (QED) is 0.0817. The van der Waals surface area contributed by atoms with E-state index in [9.17, 15) is 0 Å².